The highest BCUT2D eigenvalue weighted by Gasteiger charge is 2.59. The Morgan fingerprint density at radius 3 is 2.69 bits per heavy atom. The maximum Gasteiger partial charge on any atom is 0.302 e. The molecule has 3 amide bonds. The zero-order valence-electron chi connectivity index (χ0n) is 20.3. The van der Waals surface area contributed by atoms with E-state index in [1.54, 1.807) is 19.2 Å². The molecule has 0 aromatic heterocycles. The van der Waals surface area contributed by atoms with Gasteiger partial charge in [0.15, 0.2) is 0 Å². The van der Waals surface area contributed by atoms with Crippen LogP contribution in [0.5, 0.6) is 0 Å². The lowest BCUT2D eigenvalue weighted by atomic mass is 9.80. The molecular formula is C27H29ClN4O3. The number of halogens is 1. The van der Waals surface area contributed by atoms with Gasteiger partial charge in [0.2, 0.25) is 5.91 Å². The number of para-hydroxylation sites is 1. The second kappa shape index (κ2) is 9.35. The summed E-state index contributed by atoms with van der Waals surface area (Å²) in [6, 6.07) is 11.8. The van der Waals surface area contributed by atoms with Crippen molar-refractivity contribution in [2.24, 2.45) is 5.92 Å². The van der Waals surface area contributed by atoms with Crippen LogP contribution >= 0.6 is 11.6 Å². The number of rotatable bonds is 5. The van der Waals surface area contributed by atoms with Crippen molar-refractivity contribution in [1.29, 1.82) is 0 Å². The summed E-state index contributed by atoms with van der Waals surface area (Å²) in [5.74, 6) is -0.756. The number of likely N-dealkylation sites (tertiary alicyclic amines) is 1. The van der Waals surface area contributed by atoms with E-state index in [9.17, 15) is 14.4 Å². The van der Waals surface area contributed by atoms with Crippen LogP contribution in [0.1, 0.15) is 48.2 Å². The second-order valence-electron chi connectivity index (χ2n) is 9.91. The Morgan fingerprint density at radius 2 is 2.00 bits per heavy atom. The average molecular weight is 493 g/mol. The van der Waals surface area contributed by atoms with Gasteiger partial charge in [0, 0.05) is 19.3 Å². The predicted molar refractivity (Wildman–Crippen MR) is 135 cm³/mol. The van der Waals surface area contributed by atoms with Crippen molar-refractivity contribution in [1.82, 2.24) is 9.80 Å². The van der Waals surface area contributed by atoms with E-state index < -0.39 is 17.6 Å². The standard InChI is InChI=1S/C27H29ClN4O3/c1-16(2)12-22(31(5)24(33)18-13-17(3)10-11-20(18)28)25(34)32-15-27(14-23(32)29-4)19-8-6-7-9-21(19)30-26(27)35/h6-11,13,16,22-23H,12,14-15H2,1-3,5H3,(H,30,35)/t22-,23-,27-/m0/s1. The first-order chi connectivity index (χ1) is 16.6. The van der Waals surface area contributed by atoms with Crippen LogP contribution < -0.4 is 5.32 Å². The molecule has 2 heterocycles. The average Bonchev–Trinajstić information content (AvgIpc) is 3.36. The van der Waals surface area contributed by atoms with Gasteiger partial charge in [-0.05, 0) is 43.0 Å². The third-order valence-corrected chi connectivity index (χ3v) is 7.34. The van der Waals surface area contributed by atoms with Gasteiger partial charge in [-0.2, -0.15) is 0 Å². The van der Waals surface area contributed by atoms with Crippen LogP contribution in [0.4, 0.5) is 5.69 Å². The topological polar surface area (TPSA) is 74.1 Å². The number of carbonyl (C=O) groups excluding carboxylic acids is 3. The molecule has 8 heteroatoms. The minimum absolute atomic E-state index is 0.101. The minimum Gasteiger partial charge on any atom is -0.330 e. The third-order valence-electron chi connectivity index (χ3n) is 7.01. The number of aryl methyl sites for hydroxylation is 1. The molecule has 1 fully saturated rings. The van der Waals surface area contributed by atoms with Crippen molar-refractivity contribution in [3.8, 4) is 0 Å². The zero-order valence-corrected chi connectivity index (χ0v) is 21.1. The summed E-state index contributed by atoms with van der Waals surface area (Å²) >= 11 is 6.32. The summed E-state index contributed by atoms with van der Waals surface area (Å²) in [4.78, 5) is 47.1. The SMILES string of the molecule is [C-]#[N+][C@@H]1C[C@@]2(CN1C(=O)[C@H](CC(C)C)N(C)C(=O)c1cc(C)ccc1Cl)C(=O)Nc1ccccc12. The molecule has 1 N–H and O–H groups in total. The van der Waals surface area contributed by atoms with Crippen molar-refractivity contribution >= 4 is 35.0 Å². The molecule has 0 unspecified atom stereocenters. The van der Waals surface area contributed by atoms with E-state index in [0.717, 1.165) is 16.8 Å². The van der Waals surface area contributed by atoms with Gasteiger partial charge in [0.05, 0.1) is 17.0 Å². The fourth-order valence-electron chi connectivity index (χ4n) is 5.15. The van der Waals surface area contributed by atoms with Gasteiger partial charge in [-0.1, -0.05) is 55.3 Å². The fraction of sp³-hybridized carbons (Fsp3) is 0.407. The number of benzene rings is 2. The number of carbonyl (C=O) groups is 3. The Kier molecular flexibility index (Phi) is 6.61. The van der Waals surface area contributed by atoms with Crippen molar-refractivity contribution in [2.75, 3.05) is 18.9 Å². The summed E-state index contributed by atoms with van der Waals surface area (Å²) in [6.07, 6.45) is -0.150. The van der Waals surface area contributed by atoms with Crippen molar-refractivity contribution in [2.45, 2.75) is 51.2 Å². The summed E-state index contributed by atoms with van der Waals surface area (Å²) < 4.78 is 0. The van der Waals surface area contributed by atoms with Crippen LogP contribution in [0.15, 0.2) is 42.5 Å². The van der Waals surface area contributed by atoms with E-state index in [-0.39, 0.29) is 36.6 Å². The molecule has 3 atom stereocenters. The lowest BCUT2D eigenvalue weighted by Gasteiger charge is -2.32. The molecule has 0 saturated carbocycles. The van der Waals surface area contributed by atoms with Crippen molar-refractivity contribution < 1.29 is 14.4 Å². The van der Waals surface area contributed by atoms with Gasteiger partial charge in [0.1, 0.15) is 11.5 Å². The van der Waals surface area contributed by atoms with Gasteiger partial charge >= 0.3 is 6.17 Å². The molecule has 2 aliphatic heterocycles. The Morgan fingerprint density at radius 1 is 1.29 bits per heavy atom. The molecule has 0 radical (unpaired) electrons. The summed E-state index contributed by atoms with van der Waals surface area (Å²) in [5.41, 5.74) is 1.78. The number of nitrogens with one attached hydrogen (secondary N) is 1. The van der Waals surface area contributed by atoms with Crippen LogP contribution in [-0.4, -0.2) is 53.3 Å². The number of anilines is 1. The van der Waals surface area contributed by atoms with E-state index in [1.807, 2.05) is 51.1 Å². The second-order valence-corrected chi connectivity index (χ2v) is 10.3. The molecule has 2 aromatic carbocycles. The van der Waals surface area contributed by atoms with Gasteiger partial charge in [-0.3, -0.25) is 24.1 Å². The minimum atomic E-state index is -0.966. The van der Waals surface area contributed by atoms with Gasteiger partial charge < -0.3 is 10.2 Å². The smallest absolute Gasteiger partial charge is 0.302 e. The van der Waals surface area contributed by atoms with E-state index in [1.165, 1.54) is 9.80 Å². The van der Waals surface area contributed by atoms with E-state index >= 15 is 0 Å². The highest BCUT2D eigenvalue weighted by Crippen LogP contribution is 2.47. The molecule has 1 saturated heterocycles. The number of fused-ring (bicyclic) bond motifs is 2. The number of hydrogen-bond donors (Lipinski definition) is 1. The highest BCUT2D eigenvalue weighted by molar-refractivity contribution is 6.33. The third kappa shape index (κ3) is 4.28. The van der Waals surface area contributed by atoms with E-state index in [2.05, 4.69) is 10.2 Å². The molecule has 182 valence electrons. The normalized spacial score (nSPS) is 21.6. The van der Waals surface area contributed by atoms with Crippen LogP contribution in [0, 0.1) is 19.4 Å². The fourth-order valence-corrected chi connectivity index (χ4v) is 5.35. The number of nitrogens with zero attached hydrogens (tertiary/aromatic N) is 3. The quantitative estimate of drug-likeness (QED) is 0.624. The van der Waals surface area contributed by atoms with Crippen LogP contribution in [-0.2, 0) is 15.0 Å². The number of amides is 3. The maximum absolute atomic E-state index is 14.0. The Bertz CT molecular complexity index is 1240. The number of likely N-dealkylation sites (N-methyl/N-ethyl adjacent to an activating group) is 1. The van der Waals surface area contributed by atoms with Gasteiger partial charge in [-0.25, -0.2) is 6.57 Å². The number of hydrogen-bond acceptors (Lipinski definition) is 3. The molecule has 1 spiro atoms. The largest absolute Gasteiger partial charge is 0.330 e. The van der Waals surface area contributed by atoms with E-state index in [4.69, 9.17) is 18.2 Å². The summed E-state index contributed by atoms with van der Waals surface area (Å²) in [5, 5.41) is 3.23. The van der Waals surface area contributed by atoms with Gasteiger partial charge in [-0.15, -0.1) is 0 Å². The monoisotopic (exact) mass is 492 g/mol. The van der Waals surface area contributed by atoms with Crippen molar-refractivity contribution in [3.63, 3.8) is 0 Å². The molecule has 7 nitrogen and oxygen atoms in total. The molecule has 2 aromatic rings. The summed E-state index contributed by atoms with van der Waals surface area (Å²) in [7, 11) is 1.60. The Hall–Kier alpha value is -3.37. The molecular weight excluding hydrogens is 464 g/mol. The first-order valence-corrected chi connectivity index (χ1v) is 12.1. The highest BCUT2D eigenvalue weighted by atomic mass is 35.5. The molecule has 0 bridgehead atoms. The van der Waals surface area contributed by atoms with E-state index in [0.29, 0.717) is 17.0 Å². The molecule has 2 aliphatic rings. The predicted octanol–water partition coefficient (Wildman–Crippen LogP) is 4.50. The van der Waals surface area contributed by atoms with Crippen LogP contribution in [0.25, 0.3) is 4.85 Å². The van der Waals surface area contributed by atoms with Gasteiger partial charge in [0.25, 0.3) is 11.8 Å². The van der Waals surface area contributed by atoms with Crippen molar-refractivity contribution in [3.05, 3.63) is 75.6 Å². The molecule has 35 heavy (non-hydrogen) atoms. The lowest BCUT2D eigenvalue weighted by Crippen LogP contribution is -2.51. The van der Waals surface area contributed by atoms with Crippen LogP contribution in [0.3, 0.4) is 0 Å². The molecule has 0 aliphatic carbocycles. The Labute approximate surface area is 210 Å². The summed E-state index contributed by atoms with van der Waals surface area (Å²) in [6.45, 7) is 13.7. The zero-order chi connectivity index (χ0) is 25.5. The lowest BCUT2D eigenvalue weighted by molar-refractivity contribution is -0.136. The first kappa shape index (κ1) is 24.7. The maximum atomic E-state index is 14.0. The van der Waals surface area contributed by atoms with Crippen LogP contribution in [0.2, 0.25) is 5.02 Å². The first-order valence-electron chi connectivity index (χ1n) is 11.7. The molecule has 4 rings (SSSR count). The Balaban J connectivity index is 1.67.